The zero-order valence-electron chi connectivity index (χ0n) is 13.1. The van der Waals surface area contributed by atoms with Gasteiger partial charge < -0.3 is 14.2 Å². The molecule has 108 valence electrons. The molecule has 0 saturated heterocycles. The first-order valence-electron chi connectivity index (χ1n) is 6.91. The van der Waals surface area contributed by atoms with Crippen molar-refractivity contribution in [2.24, 2.45) is 0 Å². The summed E-state index contributed by atoms with van der Waals surface area (Å²) in [5.74, 6) is 2.60. The Morgan fingerprint density at radius 3 is 1.74 bits per heavy atom. The minimum Gasteiger partial charge on any atom is -0.493 e. The van der Waals surface area contributed by atoms with Crippen molar-refractivity contribution in [2.75, 3.05) is 7.11 Å². The van der Waals surface area contributed by atoms with Crippen molar-refractivity contribution in [2.45, 2.75) is 59.7 Å². The third-order valence-electron chi connectivity index (χ3n) is 2.66. The summed E-state index contributed by atoms with van der Waals surface area (Å²) in [7, 11) is 1.65. The van der Waals surface area contributed by atoms with Crippen LogP contribution in [-0.4, -0.2) is 19.3 Å². The van der Waals surface area contributed by atoms with E-state index in [1.54, 1.807) is 7.11 Å². The van der Waals surface area contributed by atoms with E-state index < -0.39 is 0 Å². The molecule has 0 heterocycles. The average Bonchev–Trinajstić information content (AvgIpc) is 2.29. The van der Waals surface area contributed by atoms with Gasteiger partial charge in [-0.15, -0.1) is 0 Å². The highest BCUT2D eigenvalue weighted by Crippen LogP contribution is 2.43. The minimum atomic E-state index is 0.0748. The molecule has 0 radical (unpaired) electrons. The van der Waals surface area contributed by atoms with Gasteiger partial charge in [0.05, 0.1) is 19.3 Å². The molecule has 0 saturated carbocycles. The second kappa shape index (κ2) is 6.69. The molecule has 0 aliphatic rings. The quantitative estimate of drug-likeness (QED) is 0.764. The van der Waals surface area contributed by atoms with Crippen LogP contribution in [0.5, 0.6) is 17.2 Å². The fourth-order valence-corrected chi connectivity index (χ4v) is 1.88. The van der Waals surface area contributed by atoms with Crippen LogP contribution in [0.25, 0.3) is 0 Å². The molecule has 0 amide bonds. The van der Waals surface area contributed by atoms with E-state index in [1.807, 2.05) is 33.8 Å². The minimum absolute atomic E-state index is 0.0748. The molecule has 19 heavy (non-hydrogen) atoms. The summed E-state index contributed by atoms with van der Waals surface area (Å²) >= 11 is 0. The number of hydrogen-bond acceptors (Lipinski definition) is 3. The van der Waals surface area contributed by atoms with Gasteiger partial charge in [0, 0.05) is 5.56 Å². The standard InChI is InChI=1S/C16H26O3/c1-10(2)13-8-9-14(17-7)16(19-12(5)6)15(13)18-11(3)4/h8-12H,1-7H3. The van der Waals surface area contributed by atoms with Gasteiger partial charge in [-0.05, 0) is 39.7 Å². The lowest BCUT2D eigenvalue weighted by atomic mass is 10.0. The molecule has 0 spiro atoms. The predicted octanol–water partition coefficient (Wildman–Crippen LogP) is 4.39. The van der Waals surface area contributed by atoms with Crippen molar-refractivity contribution < 1.29 is 14.2 Å². The van der Waals surface area contributed by atoms with Gasteiger partial charge in [0.1, 0.15) is 0 Å². The molecule has 3 heteroatoms. The molecule has 0 aromatic heterocycles. The van der Waals surface area contributed by atoms with E-state index in [-0.39, 0.29) is 12.2 Å². The maximum absolute atomic E-state index is 5.98. The second-order valence-electron chi connectivity index (χ2n) is 5.50. The summed E-state index contributed by atoms with van der Waals surface area (Å²) in [6.45, 7) is 12.3. The van der Waals surface area contributed by atoms with Crippen molar-refractivity contribution in [3.63, 3.8) is 0 Å². The highest BCUT2D eigenvalue weighted by Gasteiger charge is 2.20. The summed E-state index contributed by atoms with van der Waals surface area (Å²) in [4.78, 5) is 0. The summed E-state index contributed by atoms with van der Waals surface area (Å²) in [5, 5.41) is 0. The molecular formula is C16H26O3. The number of benzene rings is 1. The monoisotopic (exact) mass is 266 g/mol. The fraction of sp³-hybridized carbons (Fsp3) is 0.625. The lowest BCUT2D eigenvalue weighted by Gasteiger charge is -2.23. The van der Waals surface area contributed by atoms with Gasteiger partial charge in [0.15, 0.2) is 11.5 Å². The summed E-state index contributed by atoms with van der Waals surface area (Å²) < 4.78 is 17.3. The predicted molar refractivity (Wildman–Crippen MR) is 78.6 cm³/mol. The molecule has 1 aromatic rings. The smallest absolute Gasteiger partial charge is 0.204 e. The van der Waals surface area contributed by atoms with E-state index in [0.29, 0.717) is 17.4 Å². The van der Waals surface area contributed by atoms with Crippen LogP contribution in [0.3, 0.4) is 0 Å². The fourth-order valence-electron chi connectivity index (χ4n) is 1.88. The van der Waals surface area contributed by atoms with Gasteiger partial charge in [-0.3, -0.25) is 0 Å². The number of ether oxygens (including phenoxy) is 3. The molecule has 0 unspecified atom stereocenters. The van der Waals surface area contributed by atoms with Crippen LogP contribution in [-0.2, 0) is 0 Å². The molecular weight excluding hydrogens is 240 g/mol. The summed E-state index contributed by atoms with van der Waals surface area (Å²) in [6, 6.07) is 3.99. The van der Waals surface area contributed by atoms with Crippen molar-refractivity contribution in [1.29, 1.82) is 0 Å². The van der Waals surface area contributed by atoms with Crippen LogP contribution in [0.15, 0.2) is 12.1 Å². The van der Waals surface area contributed by atoms with E-state index >= 15 is 0 Å². The Labute approximate surface area is 116 Å². The molecule has 1 aromatic carbocycles. The first kappa shape index (κ1) is 15.7. The molecule has 1 rings (SSSR count). The Hall–Kier alpha value is -1.38. The lowest BCUT2D eigenvalue weighted by molar-refractivity contribution is 0.189. The van der Waals surface area contributed by atoms with E-state index in [0.717, 1.165) is 11.3 Å². The molecule has 0 N–H and O–H groups in total. The molecule has 0 aliphatic heterocycles. The van der Waals surface area contributed by atoms with Crippen molar-refractivity contribution in [3.05, 3.63) is 17.7 Å². The van der Waals surface area contributed by atoms with E-state index in [4.69, 9.17) is 14.2 Å². The van der Waals surface area contributed by atoms with Crippen LogP contribution < -0.4 is 14.2 Å². The van der Waals surface area contributed by atoms with Crippen LogP contribution in [0.1, 0.15) is 53.0 Å². The SMILES string of the molecule is COc1ccc(C(C)C)c(OC(C)C)c1OC(C)C. The summed E-state index contributed by atoms with van der Waals surface area (Å²) in [6.07, 6.45) is 0.171. The van der Waals surface area contributed by atoms with Crippen molar-refractivity contribution in [1.82, 2.24) is 0 Å². The zero-order valence-corrected chi connectivity index (χ0v) is 13.1. The highest BCUT2D eigenvalue weighted by atomic mass is 16.5. The Balaban J connectivity index is 3.37. The van der Waals surface area contributed by atoms with Gasteiger partial charge in [-0.25, -0.2) is 0 Å². The van der Waals surface area contributed by atoms with Crippen LogP contribution >= 0.6 is 0 Å². The maximum atomic E-state index is 5.98. The number of hydrogen-bond donors (Lipinski definition) is 0. The second-order valence-corrected chi connectivity index (χ2v) is 5.50. The van der Waals surface area contributed by atoms with Gasteiger partial charge in [-0.2, -0.15) is 0 Å². The van der Waals surface area contributed by atoms with Gasteiger partial charge in [-0.1, -0.05) is 19.9 Å². The Morgan fingerprint density at radius 2 is 1.32 bits per heavy atom. The van der Waals surface area contributed by atoms with Crippen LogP contribution in [0.4, 0.5) is 0 Å². The third-order valence-corrected chi connectivity index (χ3v) is 2.66. The molecule has 3 nitrogen and oxygen atoms in total. The highest BCUT2D eigenvalue weighted by molar-refractivity contribution is 5.56. The topological polar surface area (TPSA) is 27.7 Å². The van der Waals surface area contributed by atoms with Gasteiger partial charge in [0.25, 0.3) is 0 Å². The Morgan fingerprint density at radius 1 is 0.789 bits per heavy atom. The van der Waals surface area contributed by atoms with Crippen LogP contribution in [0.2, 0.25) is 0 Å². The van der Waals surface area contributed by atoms with Crippen LogP contribution in [0, 0.1) is 0 Å². The molecule has 0 aliphatic carbocycles. The molecule has 0 bridgehead atoms. The largest absolute Gasteiger partial charge is 0.493 e. The zero-order chi connectivity index (χ0) is 14.6. The van der Waals surface area contributed by atoms with E-state index in [2.05, 4.69) is 19.9 Å². The van der Waals surface area contributed by atoms with Crippen molar-refractivity contribution >= 4 is 0 Å². The van der Waals surface area contributed by atoms with Crippen molar-refractivity contribution in [3.8, 4) is 17.2 Å². The van der Waals surface area contributed by atoms with Gasteiger partial charge in [0.2, 0.25) is 5.75 Å². The lowest BCUT2D eigenvalue weighted by Crippen LogP contribution is -2.13. The summed E-state index contributed by atoms with van der Waals surface area (Å²) in [5.41, 5.74) is 1.14. The average molecular weight is 266 g/mol. The Bertz CT molecular complexity index is 409. The maximum Gasteiger partial charge on any atom is 0.204 e. The van der Waals surface area contributed by atoms with E-state index in [9.17, 15) is 0 Å². The molecule has 0 atom stereocenters. The number of rotatable bonds is 6. The normalized spacial score (nSPS) is 11.3. The first-order valence-corrected chi connectivity index (χ1v) is 6.91. The third kappa shape index (κ3) is 4.05. The number of methoxy groups -OCH3 is 1. The Kier molecular flexibility index (Phi) is 5.52. The van der Waals surface area contributed by atoms with E-state index in [1.165, 1.54) is 0 Å². The molecule has 0 fully saturated rings. The van der Waals surface area contributed by atoms with Gasteiger partial charge >= 0.3 is 0 Å². The first-order chi connectivity index (χ1) is 8.86.